The lowest BCUT2D eigenvalue weighted by atomic mass is 9.93. The third-order valence-electron chi connectivity index (χ3n) is 6.52. The van der Waals surface area contributed by atoms with E-state index in [1.165, 1.54) is 12.1 Å². The zero-order chi connectivity index (χ0) is 24.8. The van der Waals surface area contributed by atoms with E-state index in [9.17, 15) is 31.8 Å². The molecule has 4 rings (SSSR count). The summed E-state index contributed by atoms with van der Waals surface area (Å²) in [5.41, 5.74) is 2.10. The minimum absolute atomic E-state index is 0.132. The maximum atomic E-state index is 12.4. The number of aliphatic carboxylic acids is 1. The second kappa shape index (κ2) is 9.20. The predicted octanol–water partition coefficient (Wildman–Crippen LogP) is 4.06. The van der Waals surface area contributed by atoms with Crippen molar-refractivity contribution in [3.8, 4) is 5.75 Å². The molecule has 34 heavy (non-hydrogen) atoms. The van der Waals surface area contributed by atoms with Crippen molar-refractivity contribution in [3.05, 3.63) is 53.6 Å². The zero-order valence-electron chi connectivity index (χ0n) is 18.5. The fourth-order valence-electron chi connectivity index (χ4n) is 5.34. The normalized spacial score (nSPS) is 26.2. The molecule has 1 aliphatic heterocycles. The maximum Gasteiger partial charge on any atom is 0.573 e. The molecule has 184 valence electrons. The third-order valence-corrected chi connectivity index (χ3v) is 7.25. The molecule has 1 aliphatic carbocycles. The first kappa shape index (κ1) is 24.5. The van der Waals surface area contributed by atoms with Crippen LogP contribution < -0.4 is 9.64 Å². The summed E-state index contributed by atoms with van der Waals surface area (Å²) in [4.78, 5) is 16.5. The first-order chi connectivity index (χ1) is 16.0. The van der Waals surface area contributed by atoms with Crippen molar-refractivity contribution >= 4 is 22.7 Å². The van der Waals surface area contributed by atoms with Crippen molar-refractivity contribution in [2.24, 2.45) is 5.92 Å². The van der Waals surface area contributed by atoms with Crippen LogP contribution in [0.15, 0.2) is 47.4 Å². The van der Waals surface area contributed by atoms with Crippen LogP contribution in [0.5, 0.6) is 5.75 Å². The van der Waals surface area contributed by atoms with Gasteiger partial charge in [-0.3, -0.25) is 9.69 Å². The Morgan fingerprint density at radius 2 is 1.71 bits per heavy atom. The van der Waals surface area contributed by atoms with E-state index in [2.05, 4.69) is 9.64 Å². The molecule has 2 N–H and O–H groups in total. The molecule has 0 bridgehead atoms. The van der Waals surface area contributed by atoms with E-state index in [0.717, 1.165) is 11.3 Å². The second-order valence-corrected chi connectivity index (χ2v) is 9.70. The van der Waals surface area contributed by atoms with E-state index >= 15 is 0 Å². The molecule has 0 amide bonds. The van der Waals surface area contributed by atoms with Crippen LogP contribution in [0.25, 0.3) is 0 Å². The minimum Gasteiger partial charge on any atom is -0.481 e. The van der Waals surface area contributed by atoms with Crippen LogP contribution in [-0.2, 0) is 22.3 Å². The lowest BCUT2D eigenvalue weighted by Gasteiger charge is -2.49. The third kappa shape index (κ3) is 4.77. The highest BCUT2D eigenvalue weighted by Gasteiger charge is 2.47. The molecule has 5 atom stereocenters. The quantitative estimate of drug-likeness (QED) is 0.601. The number of piperazine rings is 1. The van der Waals surface area contributed by atoms with E-state index in [1.54, 1.807) is 30.3 Å². The highest BCUT2D eigenvalue weighted by molar-refractivity contribution is 7.79. The molecule has 0 radical (unpaired) electrons. The molecule has 2 aromatic rings. The number of nitrogens with zero attached hydrogens (tertiary/aromatic N) is 2. The van der Waals surface area contributed by atoms with Gasteiger partial charge in [0.25, 0.3) is 0 Å². The number of halogens is 3. The van der Waals surface area contributed by atoms with E-state index in [1.807, 2.05) is 18.7 Å². The van der Waals surface area contributed by atoms with E-state index < -0.39 is 35.4 Å². The molecule has 2 aliphatic rings. The average Bonchev–Trinajstić information content (AvgIpc) is 3.12. The van der Waals surface area contributed by atoms with Gasteiger partial charge in [-0.25, -0.2) is 4.21 Å². The Kier molecular flexibility index (Phi) is 6.63. The molecular formula is C23H25F3N2O5S. The SMILES string of the molecule is CC1CN(c2ccc(OC(F)(F)F)cc2)CC(C)N1C1c2c(cccc2S(=O)O)CC1C(=O)O. The first-order valence-corrected chi connectivity index (χ1v) is 11.9. The molecule has 0 spiro atoms. The molecule has 0 aromatic heterocycles. The minimum atomic E-state index is -4.76. The highest BCUT2D eigenvalue weighted by atomic mass is 32.2. The van der Waals surface area contributed by atoms with Gasteiger partial charge in [0.15, 0.2) is 11.1 Å². The van der Waals surface area contributed by atoms with Gasteiger partial charge in [0.05, 0.1) is 16.9 Å². The molecule has 11 heteroatoms. The monoisotopic (exact) mass is 498 g/mol. The van der Waals surface area contributed by atoms with Crippen LogP contribution in [0.3, 0.4) is 0 Å². The van der Waals surface area contributed by atoms with E-state index in [4.69, 9.17) is 0 Å². The van der Waals surface area contributed by atoms with Crippen LogP contribution in [0, 0.1) is 5.92 Å². The summed E-state index contributed by atoms with van der Waals surface area (Å²) in [6.45, 7) is 4.93. The molecule has 7 nitrogen and oxygen atoms in total. The number of carboxylic acid groups (broad SMARTS) is 1. The number of hydrogen-bond acceptors (Lipinski definition) is 5. The topological polar surface area (TPSA) is 90.3 Å². The predicted molar refractivity (Wildman–Crippen MR) is 119 cm³/mol. The summed E-state index contributed by atoms with van der Waals surface area (Å²) < 4.78 is 63.2. The fourth-order valence-corrected chi connectivity index (χ4v) is 5.97. The van der Waals surface area contributed by atoms with Crippen molar-refractivity contribution in [1.82, 2.24) is 4.90 Å². The Bertz CT molecular complexity index is 1080. The lowest BCUT2D eigenvalue weighted by molar-refractivity contribution is -0.274. The number of benzene rings is 2. The number of hydrogen-bond donors (Lipinski definition) is 2. The van der Waals surface area contributed by atoms with Crippen LogP contribution in [0.1, 0.15) is 31.0 Å². The Hall–Kier alpha value is -2.63. The van der Waals surface area contributed by atoms with Crippen molar-refractivity contribution in [3.63, 3.8) is 0 Å². The molecule has 1 heterocycles. The van der Waals surface area contributed by atoms with Gasteiger partial charge in [-0.2, -0.15) is 0 Å². The lowest BCUT2D eigenvalue weighted by Crippen LogP contribution is -2.58. The summed E-state index contributed by atoms with van der Waals surface area (Å²) in [7, 11) is 0. The fraction of sp³-hybridized carbons (Fsp3) is 0.435. The number of fused-ring (bicyclic) bond motifs is 1. The second-order valence-electron chi connectivity index (χ2n) is 8.76. The number of anilines is 1. The molecule has 2 aromatic carbocycles. The maximum absolute atomic E-state index is 12.4. The van der Waals surface area contributed by atoms with Gasteiger partial charge < -0.3 is 19.3 Å². The summed E-state index contributed by atoms with van der Waals surface area (Å²) in [5, 5.41) is 9.96. The average molecular weight is 499 g/mol. The van der Waals surface area contributed by atoms with Gasteiger partial charge >= 0.3 is 12.3 Å². The summed E-state index contributed by atoms with van der Waals surface area (Å²) in [5.74, 6) is -2.01. The van der Waals surface area contributed by atoms with Crippen molar-refractivity contribution in [2.45, 2.75) is 49.7 Å². The Morgan fingerprint density at radius 3 is 2.24 bits per heavy atom. The van der Waals surface area contributed by atoms with Crippen LogP contribution in [0.4, 0.5) is 18.9 Å². The smallest absolute Gasteiger partial charge is 0.481 e. The Balaban J connectivity index is 1.61. The molecule has 1 fully saturated rings. The number of carboxylic acids is 1. The van der Waals surface area contributed by atoms with Crippen molar-refractivity contribution in [1.29, 1.82) is 0 Å². The van der Waals surface area contributed by atoms with Gasteiger partial charge in [-0.1, -0.05) is 12.1 Å². The van der Waals surface area contributed by atoms with Gasteiger partial charge in [-0.05, 0) is 61.7 Å². The van der Waals surface area contributed by atoms with Crippen LogP contribution >= 0.6 is 0 Å². The summed E-state index contributed by atoms with van der Waals surface area (Å²) in [6, 6.07) is 9.86. The van der Waals surface area contributed by atoms with Crippen molar-refractivity contribution < 1.29 is 36.6 Å². The highest BCUT2D eigenvalue weighted by Crippen LogP contribution is 2.46. The van der Waals surface area contributed by atoms with Gasteiger partial charge in [-0.15, -0.1) is 13.2 Å². The Labute approximate surface area is 197 Å². The van der Waals surface area contributed by atoms with Gasteiger partial charge in [0, 0.05) is 30.9 Å². The molecule has 0 saturated carbocycles. The van der Waals surface area contributed by atoms with Crippen LogP contribution in [0.2, 0.25) is 0 Å². The summed E-state index contributed by atoms with van der Waals surface area (Å²) >= 11 is -2.25. The summed E-state index contributed by atoms with van der Waals surface area (Å²) in [6.07, 6.45) is -4.48. The first-order valence-electron chi connectivity index (χ1n) is 10.8. The number of rotatable bonds is 5. The number of ether oxygens (including phenoxy) is 1. The van der Waals surface area contributed by atoms with Gasteiger partial charge in [0.1, 0.15) is 5.75 Å². The van der Waals surface area contributed by atoms with Crippen LogP contribution in [-0.4, -0.2) is 56.3 Å². The van der Waals surface area contributed by atoms with E-state index in [0.29, 0.717) is 18.7 Å². The largest absolute Gasteiger partial charge is 0.573 e. The Morgan fingerprint density at radius 1 is 1.09 bits per heavy atom. The number of alkyl halides is 3. The molecule has 5 unspecified atom stereocenters. The van der Waals surface area contributed by atoms with E-state index in [-0.39, 0.29) is 29.1 Å². The zero-order valence-corrected chi connectivity index (χ0v) is 19.3. The molecule has 1 saturated heterocycles. The van der Waals surface area contributed by atoms with Crippen molar-refractivity contribution in [2.75, 3.05) is 18.0 Å². The number of carbonyl (C=O) groups is 1. The molecular weight excluding hydrogens is 473 g/mol. The standard InChI is InChI=1S/C23H25F3N2O5S/c1-13-11-27(16-6-8-17(9-7-16)33-23(24,25)26)12-14(2)28(13)21-18(22(29)30)10-15-4-3-5-19(20(15)21)34(31)32/h3-9,13-14,18,21H,10-12H2,1-2H3,(H,29,30)(H,31,32). The van der Waals surface area contributed by atoms with Gasteiger partial charge in [0.2, 0.25) is 0 Å².